The van der Waals surface area contributed by atoms with Crippen LogP contribution in [0.2, 0.25) is 0 Å². The number of ether oxygens (including phenoxy) is 1. The van der Waals surface area contributed by atoms with Crippen LogP contribution >= 0.6 is 11.3 Å². The lowest BCUT2D eigenvalue weighted by molar-refractivity contribution is 0.0534. The molecule has 0 radical (unpaired) electrons. The van der Waals surface area contributed by atoms with Gasteiger partial charge in [0.15, 0.2) is 0 Å². The van der Waals surface area contributed by atoms with Crippen molar-refractivity contribution in [1.82, 2.24) is 5.32 Å². The number of hydrogen-bond donors (Lipinski definition) is 2. The predicted molar refractivity (Wildman–Crippen MR) is 72.4 cm³/mol. The zero-order valence-electron chi connectivity index (χ0n) is 10.9. The Morgan fingerprint density at radius 3 is 2.68 bits per heavy atom. The van der Waals surface area contributed by atoms with Crippen LogP contribution < -0.4 is 5.32 Å². The van der Waals surface area contributed by atoms with E-state index >= 15 is 0 Å². The molecule has 1 aromatic rings. The summed E-state index contributed by atoms with van der Waals surface area (Å²) in [5.41, 5.74) is 0.0785. The lowest BCUT2D eigenvalue weighted by Crippen LogP contribution is -2.32. The molecule has 102 valence electrons. The Morgan fingerprint density at radius 1 is 1.47 bits per heavy atom. The largest absolute Gasteiger partial charge is 0.477 e. The molecule has 0 bridgehead atoms. The molecule has 0 fully saturated rings. The van der Waals surface area contributed by atoms with Crippen molar-refractivity contribution in [2.24, 2.45) is 0 Å². The van der Waals surface area contributed by atoms with E-state index in [0.717, 1.165) is 11.3 Å². The van der Waals surface area contributed by atoms with Crippen LogP contribution in [0.3, 0.4) is 0 Å². The Labute approximate surface area is 115 Å². The summed E-state index contributed by atoms with van der Waals surface area (Å²) in [6, 6.07) is 1.49. The highest BCUT2D eigenvalue weighted by Gasteiger charge is 2.15. The second-order valence-electron chi connectivity index (χ2n) is 4.66. The van der Waals surface area contributed by atoms with Gasteiger partial charge >= 0.3 is 12.1 Å². The number of nitrogens with one attached hydrogen (secondary N) is 1. The average molecular weight is 281 g/mol. The summed E-state index contributed by atoms with van der Waals surface area (Å²) in [6.45, 7) is 5.47. The zero-order chi connectivity index (χ0) is 14.5. The molecule has 0 aliphatic carbocycles. The van der Waals surface area contributed by atoms with Gasteiger partial charge in [0.05, 0.1) is 6.54 Å². The number of carboxylic acid groups (broad SMARTS) is 1. The van der Waals surface area contributed by atoms with Gasteiger partial charge in [-0.2, -0.15) is 0 Å². The average Bonchev–Trinajstić information content (AvgIpc) is 2.70. The Balaban J connectivity index is 2.43. The molecular weight excluding hydrogens is 266 g/mol. The Kier molecular flexibility index (Phi) is 4.95. The van der Waals surface area contributed by atoms with Crippen LogP contribution in [0.1, 0.15) is 36.0 Å². The maximum atomic E-state index is 11.3. The molecule has 0 aromatic carbocycles. The predicted octanol–water partition coefficient (Wildman–Crippen LogP) is 2.32. The molecule has 5 nitrogen and oxygen atoms in total. The number of carboxylic acids is 1. The molecule has 0 atom stereocenters. The summed E-state index contributed by atoms with van der Waals surface area (Å²) < 4.78 is 5.03. The number of amides is 1. The zero-order valence-corrected chi connectivity index (χ0v) is 11.8. The van der Waals surface area contributed by atoms with Gasteiger partial charge in [-0.25, -0.2) is 9.59 Å². The molecule has 2 N–H and O–H groups in total. The quantitative estimate of drug-likeness (QED) is 0.816. The molecule has 1 amide bonds. The van der Waals surface area contributed by atoms with Crippen LogP contribution in [-0.2, 0) is 4.74 Å². The third-order valence-corrected chi connectivity index (χ3v) is 2.68. The fourth-order valence-corrected chi connectivity index (χ4v) is 1.77. The molecule has 1 rings (SSSR count). The van der Waals surface area contributed by atoms with E-state index in [0.29, 0.717) is 5.56 Å². The highest BCUT2D eigenvalue weighted by Crippen LogP contribution is 2.13. The maximum absolute atomic E-state index is 11.3. The minimum Gasteiger partial charge on any atom is -0.477 e. The van der Waals surface area contributed by atoms with E-state index in [1.165, 1.54) is 6.07 Å². The van der Waals surface area contributed by atoms with Crippen molar-refractivity contribution >= 4 is 23.4 Å². The minimum absolute atomic E-state index is 0.146. The molecule has 0 saturated heterocycles. The normalized spacial score (nSPS) is 10.3. The monoisotopic (exact) mass is 281 g/mol. The van der Waals surface area contributed by atoms with Crippen molar-refractivity contribution in [3.63, 3.8) is 0 Å². The van der Waals surface area contributed by atoms with Crippen LogP contribution in [0, 0.1) is 11.8 Å². The van der Waals surface area contributed by atoms with Gasteiger partial charge in [-0.15, -0.1) is 11.3 Å². The van der Waals surface area contributed by atoms with Crippen LogP contribution in [-0.4, -0.2) is 29.3 Å². The summed E-state index contributed by atoms with van der Waals surface area (Å²) in [7, 11) is 0. The lowest BCUT2D eigenvalue weighted by Gasteiger charge is -2.18. The topological polar surface area (TPSA) is 75.6 Å². The number of rotatable bonds is 2. The fourth-order valence-electron chi connectivity index (χ4n) is 1.09. The second kappa shape index (κ2) is 6.25. The Hall–Kier alpha value is -2.00. The number of hydrogen-bond acceptors (Lipinski definition) is 4. The van der Waals surface area contributed by atoms with E-state index in [-0.39, 0.29) is 11.4 Å². The standard InChI is InChI=1S/C13H15NO4S/c1-13(2,3)18-12(17)14-6-4-5-9-7-10(11(15)16)19-8-9/h7-8H,6H2,1-3H3,(H,14,17)(H,15,16). The first-order chi connectivity index (χ1) is 8.78. The fraction of sp³-hybridized carbons (Fsp3) is 0.385. The van der Waals surface area contributed by atoms with E-state index in [1.807, 2.05) is 0 Å². The maximum Gasteiger partial charge on any atom is 0.408 e. The molecule has 0 saturated carbocycles. The van der Waals surface area contributed by atoms with Gasteiger partial charge in [0.25, 0.3) is 0 Å². The third-order valence-electron chi connectivity index (χ3n) is 1.76. The van der Waals surface area contributed by atoms with E-state index in [1.54, 1.807) is 26.2 Å². The van der Waals surface area contributed by atoms with Gasteiger partial charge in [-0.1, -0.05) is 11.8 Å². The summed E-state index contributed by atoms with van der Waals surface area (Å²) >= 11 is 1.12. The first-order valence-electron chi connectivity index (χ1n) is 5.55. The first kappa shape index (κ1) is 15.1. The number of aromatic carboxylic acids is 1. The van der Waals surface area contributed by atoms with E-state index < -0.39 is 17.7 Å². The highest BCUT2D eigenvalue weighted by atomic mass is 32.1. The van der Waals surface area contributed by atoms with Crippen molar-refractivity contribution in [2.45, 2.75) is 26.4 Å². The minimum atomic E-state index is -0.968. The van der Waals surface area contributed by atoms with Gasteiger partial charge < -0.3 is 15.2 Å². The molecule has 0 spiro atoms. The SMILES string of the molecule is CC(C)(C)OC(=O)NCC#Cc1csc(C(=O)O)c1. The molecule has 1 aromatic heterocycles. The van der Waals surface area contributed by atoms with Crippen molar-refractivity contribution < 1.29 is 19.4 Å². The van der Waals surface area contributed by atoms with Crippen molar-refractivity contribution in [3.8, 4) is 11.8 Å². The van der Waals surface area contributed by atoms with Gasteiger partial charge in [0.2, 0.25) is 0 Å². The third kappa shape index (κ3) is 5.93. The smallest absolute Gasteiger partial charge is 0.408 e. The molecule has 0 aliphatic heterocycles. The van der Waals surface area contributed by atoms with Crippen LogP contribution in [0.4, 0.5) is 4.79 Å². The van der Waals surface area contributed by atoms with Crippen molar-refractivity contribution in [3.05, 3.63) is 21.9 Å². The van der Waals surface area contributed by atoms with Crippen molar-refractivity contribution in [2.75, 3.05) is 6.54 Å². The molecule has 0 aliphatic rings. The van der Waals surface area contributed by atoms with Crippen molar-refractivity contribution in [1.29, 1.82) is 0 Å². The number of thiophene rings is 1. The molecule has 1 heterocycles. The van der Waals surface area contributed by atoms with Gasteiger partial charge in [0, 0.05) is 10.9 Å². The van der Waals surface area contributed by atoms with E-state index in [2.05, 4.69) is 17.2 Å². The molecular formula is C13H15NO4S. The van der Waals surface area contributed by atoms with Crippen LogP contribution in [0.5, 0.6) is 0 Å². The highest BCUT2D eigenvalue weighted by molar-refractivity contribution is 7.12. The summed E-state index contributed by atoms with van der Waals surface area (Å²) in [6.07, 6.45) is -0.529. The van der Waals surface area contributed by atoms with Crippen LogP contribution in [0.15, 0.2) is 11.4 Å². The van der Waals surface area contributed by atoms with Gasteiger partial charge in [-0.05, 0) is 26.8 Å². The summed E-state index contributed by atoms with van der Waals surface area (Å²) in [4.78, 5) is 22.2. The van der Waals surface area contributed by atoms with E-state index in [9.17, 15) is 9.59 Å². The molecule has 6 heteroatoms. The molecule has 0 unspecified atom stereocenters. The first-order valence-corrected chi connectivity index (χ1v) is 6.43. The molecule has 19 heavy (non-hydrogen) atoms. The number of alkyl carbamates (subject to hydrolysis) is 1. The second-order valence-corrected chi connectivity index (χ2v) is 5.57. The van der Waals surface area contributed by atoms with E-state index in [4.69, 9.17) is 9.84 Å². The van der Waals surface area contributed by atoms with Gasteiger partial charge in [0.1, 0.15) is 10.5 Å². The Bertz CT molecular complexity index is 531. The lowest BCUT2D eigenvalue weighted by atomic mass is 10.2. The summed E-state index contributed by atoms with van der Waals surface area (Å²) in [5.74, 6) is 4.52. The number of carbonyl (C=O) groups excluding carboxylic acids is 1. The van der Waals surface area contributed by atoms with Crippen LogP contribution in [0.25, 0.3) is 0 Å². The number of carbonyl (C=O) groups is 2. The summed E-state index contributed by atoms with van der Waals surface area (Å²) in [5, 5.41) is 12.9. The van der Waals surface area contributed by atoms with Gasteiger partial charge in [-0.3, -0.25) is 0 Å². The Morgan fingerprint density at radius 2 is 2.16 bits per heavy atom.